The van der Waals surface area contributed by atoms with E-state index in [1.807, 2.05) is 11.8 Å². The van der Waals surface area contributed by atoms with Gasteiger partial charge in [0.25, 0.3) is 0 Å². The second-order valence-electron chi connectivity index (χ2n) is 6.77. The maximum absolute atomic E-state index is 11.8. The van der Waals surface area contributed by atoms with Crippen LogP contribution in [-0.4, -0.2) is 62.0 Å². The maximum atomic E-state index is 11.8. The normalized spacial score (nSPS) is 16.0. The highest BCUT2D eigenvalue weighted by Gasteiger charge is 2.15. The summed E-state index contributed by atoms with van der Waals surface area (Å²) in [5, 5.41) is 6.94. The van der Waals surface area contributed by atoms with Crippen molar-refractivity contribution in [2.45, 2.75) is 63.8 Å². The van der Waals surface area contributed by atoms with Gasteiger partial charge in [-0.1, -0.05) is 32.1 Å². The summed E-state index contributed by atoms with van der Waals surface area (Å²) < 4.78 is 0. The third-order valence-electron chi connectivity index (χ3n) is 4.38. The van der Waals surface area contributed by atoms with Crippen molar-refractivity contribution < 1.29 is 4.79 Å². The van der Waals surface area contributed by atoms with Gasteiger partial charge in [-0.25, -0.2) is 4.99 Å². The van der Waals surface area contributed by atoms with E-state index in [1.165, 1.54) is 57.1 Å². The van der Waals surface area contributed by atoms with Crippen LogP contribution in [0, 0.1) is 0 Å². The number of guanidine groups is 1. The molecule has 1 aliphatic rings. The summed E-state index contributed by atoms with van der Waals surface area (Å²) in [6.07, 6.45) is 13.5. The summed E-state index contributed by atoms with van der Waals surface area (Å²) in [7, 11) is 3.54. The SMILES string of the molecule is CSCCCCCCNC(=NCC(=O)N(C)C)NC1CCCCC1. The van der Waals surface area contributed by atoms with E-state index in [-0.39, 0.29) is 12.5 Å². The number of nitrogens with one attached hydrogen (secondary N) is 2. The number of likely N-dealkylation sites (N-methyl/N-ethyl adjacent to an activating group) is 1. The van der Waals surface area contributed by atoms with Crippen molar-refractivity contribution in [3.05, 3.63) is 0 Å². The summed E-state index contributed by atoms with van der Waals surface area (Å²) in [6.45, 7) is 1.14. The van der Waals surface area contributed by atoms with Gasteiger partial charge >= 0.3 is 0 Å². The van der Waals surface area contributed by atoms with E-state index < -0.39 is 0 Å². The molecule has 24 heavy (non-hydrogen) atoms. The first-order chi connectivity index (χ1) is 11.6. The second kappa shape index (κ2) is 13.4. The Hall–Kier alpha value is -0.910. The van der Waals surface area contributed by atoms with Crippen LogP contribution in [0.25, 0.3) is 0 Å². The molecule has 2 N–H and O–H groups in total. The highest BCUT2D eigenvalue weighted by atomic mass is 32.2. The van der Waals surface area contributed by atoms with Gasteiger partial charge in [0.1, 0.15) is 6.54 Å². The number of aliphatic imine (C=N–C) groups is 1. The lowest BCUT2D eigenvalue weighted by Crippen LogP contribution is -2.45. The quantitative estimate of drug-likeness (QED) is 0.359. The highest BCUT2D eigenvalue weighted by molar-refractivity contribution is 7.98. The van der Waals surface area contributed by atoms with Crippen molar-refractivity contribution in [3.63, 3.8) is 0 Å². The number of unbranched alkanes of at least 4 members (excludes halogenated alkanes) is 3. The Kier molecular flexibility index (Phi) is 11.8. The molecule has 0 aromatic heterocycles. The molecule has 1 amide bonds. The topological polar surface area (TPSA) is 56.7 Å². The fourth-order valence-corrected chi connectivity index (χ4v) is 3.31. The van der Waals surface area contributed by atoms with Gasteiger partial charge in [0.2, 0.25) is 5.91 Å². The maximum Gasteiger partial charge on any atom is 0.243 e. The van der Waals surface area contributed by atoms with E-state index >= 15 is 0 Å². The van der Waals surface area contributed by atoms with Crippen LogP contribution in [-0.2, 0) is 4.79 Å². The number of nitrogens with zero attached hydrogens (tertiary/aromatic N) is 2. The molecule has 0 spiro atoms. The van der Waals surface area contributed by atoms with E-state index in [1.54, 1.807) is 19.0 Å². The molecule has 0 atom stereocenters. The predicted octanol–water partition coefficient (Wildman–Crippen LogP) is 2.87. The van der Waals surface area contributed by atoms with Crippen LogP contribution in [0.5, 0.6) is 0 Å². The number of carbonyl (C=O) groups is 1. The van der Waals surface area contributed by atoms with Gasteiger partial charge in [-0.3, -0.25) is 4.79 Å². The van der Waals surface area contributed by atoms with E-state index in [4.69, 9.17) is 0 Å². The number of amides is 1. The highest BCUT2D eigenvalue weighted by Crippen LogP contribution is 2.17. The van der Waals surface area contributed by atoms with Crippen molar-refractivity contribution in [2.24, 2.45) is 4.99 Å². The first kappa shape index (κ1) is 21.1. The molecule has 1 fully saturated rings. The standard InChI is InChI=1S/C18H36N4OS/c1-22(2)17(23)15-20-18(21-16-11-7-6-8-12-16)19-13-9-4-5-10-14-24-3/h16H,4-15H2,1-3H3,(H2,19,20,21). The summed E-state index contributed by atoms with van der Waals surface area (Å²) >= 11 is 1.92. The van der Waals surface area contributed by atoms with Gasteiger partial charge in [0, 0.05) is 26.7 Å². The fraction of sp³-hybridized carbons (Fsp3) is 0.889. The third-order valence-corrected chi connectivity index (χ3v) is 5.08. The lowest BCUT2D eigenvalue weighted by Gasteiger charge is -2.25. The molecular weight excluding hydrogens is 320 g/mol. The predicted molar refractivity (Wildman–Crippen MR) is 106 cm³/mol. The summed E-state index contributed by atoms with van der Waals surface area (Å²) in [5.41, 5.74) is 0. The minimum Gasteiger partial charge on any atom is -0.356 e. The molecule has 0 bridgehead atoms. The number of thioether (sulfide) groups is 1. The summed E-state index contributed by atoms with van der Waals surface area (Å²) in [6, 6.07) is 0.501. The van der Waals surface area contributed by atoms with Crippen LogP contribution in [0.15, 0.2) is 4.99 Å². The lowest BCUT2D eigenvalue weighted by molar-refractivity contribution is -0.127. The van der Waals surface area contributed by atoms with Gasteiger partial charge in [-0.2, -0.15) is 11.8 Å². The number of hydrogen-bond acceptors (Lipinski definition) is 3. The summed E-state index contributed by atoms with van der Waals surface area (Å²) in [4.78, 5) is 17.9. The Bertz CT molecular complexity index is 368. The van der Waals surface area contributed by atoms with Crippen LogP contribution < -0.4 is 10.6 Å². The van der Waals surface area contributed by atoms with Crippen LogP contribution >= 0.6 is 11.8 Å². The Morgan fingerprint density at radius 1 is 1.12 bits per heavy atom. The monoisotopic (exact) mass is 356 g/mol. The largest absolute Gasteiger partial charge is 0.356 e. The molecule has 6 heteroatoms. The molecule has 5 nitrogen and oxygen atoms in total. The molecule has 0 aromatic rings. The van der Waals surface area contributed by atoms with Crippen molar-refractivity contribution in [1.29, 1.82) is 0 Å². The number of hydrogen-bond donors (Lipinski definition) is 2. The third kappa shape index (κ3) is 10.1. The van der Waals surface area contributed by atoms with Gasteiger partial charge in [0.15, 0.2) is 5.96 Å². The first-order valence-electron chi connectivity index (χ1n) is 9.37. The molecule has 0 aromatic carbocycles. The molecule has 1 saturated carbocycles. The zero-order chi connectivity index (χ0) is 17.6. The molecule has 0 saturated heterocycles. The van der Waals surface area contributed by atoms with Crippen LogP contribution in [0.4, 0.5) is 0 Å². The molecule has 0 radical (unpaired) electrons. The minimum absolute atomic E-state index is 0.0387. The average Bonchev–Trinajstić information content (AvgIpc) is 2.59. The van der Waals surface area contributed by atoms with Crippen molar-refractivity contribution >= 4 is 23.6 Å². The first-order valence-corrected chi connectivity index (χ1v) is 10.8. The summed E-state index contributed by atoms with van der Waals surface area (Å²) in [5.74, 6) is 2.11. The van der Waals surface area contributed by atoms with Crippen LogP contribution in [0.1, 0.15) is 57.8 Å². The Morgan fingerprint density at radius 2 is 1.83 bits per heavy atom. The smallest absolute Gasteiger partial charge is 0.243 e. The van der Waals surface area contributed by atoms with Crippen molar-refractivity contribution in [3.8, 4) is 0 Å². The minimum atomic E-state index is 0.0387. The van der Waals surface area contributed by atoms with Crippen LogP contribution in [0.2, 0.25) is 0 Å². The molecule has 0 unspecified atom stereocenters. The molecular formula is C18H36N4OS. The van der Waals surface area contributed by atoms with Crippen molar-refractivity contribution in [2.75, 3.05) is 39.2 Å². The van der Waals surface area contributed by atoms with Gasteiger partial charge < -0.3 is 15.5 Å². The zero-order valence-corrected chi connectivity index (χ0v) is 16.6. The Balaban J connectivity index is 2.35. The van der Waals surface area contributed by atoms with E-state index in [9.17, 15) is 4.79 Å². The number of carbonyl (C=O) groups excluding carboxylic acids is 1. The fourth-order valence-electron chi connectivity index (χ4n) is 2.81. The van der Waals surface area contributed by atoms with Gasteiger partial charge in [-0.15, -0.1) is 0 Å². The number of rotatable bonds is 10. The Morgan fingerprint density at radius 3 is 2.50 bits per heavy atom. The van der Waals surface area contributed by atoms with E-state index in [0.29, 0.717) is 6.04 Å². The van der Waals surface area contributed by atoms with Gasteiger partial charge in [0.05, 0.1) is 0 Å². The van der Waals surface area contributed by atoms with E-state index in [2.05, 4.69) is 21.9 Å². The Labute approximate surface area is 152 Å². The molecule has 1 aliphatic carbocycles. The zero-order valence-electron chi connectivity index (χ0n) is 15.8. The molecule has 0 aliphatic heterocycles. The van der Waals surface area contributed by atoms with Gasteiger partial charge in [-0.05, 0) is 37.7 Å². The van der Waals surface area contributed by atoms with E-state index in [0.717, 1.165) is 18.9 Å². The van der Waals surface area contributed by atoms with Crippen LogP contribution in [0.3, 0.4) is 0 Å². The molecule has 140 valence electrons. The average molecular weight is 357 g/mol. The van der Waals surface area contributed by atoms with Crippen molar-refractivity contribution in [1.82, 2.24) is 15.5 Å². The molecule has 0 heterocycles. The molecule has 1 rings (SSSR count). The second-order valence-corrected chi connectivity index (χ2v) is 7.75. The lowest BCUT2D eigenvalue weighted by atomic mass is 9.96.